The van der Waals surface area contributed by atoms with Crippen molar-refractivity contribution in [1.29, 1.82) is 0 Å². The molecule has 35 heavy (non-hydrogen) atoms. The fraction of sp³-hybridized carbons (Fsp3) is 0.148. The van der Waals surface area contributed by atoms with Crippen molar-refractivity contribution >= 4 is 45.7 Å². The number of carbonyl (C=O) groups excluding carboxylic acids is 2. The number of benzene rings is 3. The first-order valence-corrected chi connectivity index (χ1v) is 12.0. The van der Waals surface area contributed by atoms with Gasteiger partial charge in [0.1, 0.15) is 11.4 Å². The Morgan fingerprint density at radius 3 is 2.34 bits per heavy atom. The van der Waals surface area contributed by atoms with Crippen LogP contribution in [0.25, 0.3) is 6.08 Å². The average Bonchev–Trinajstić information content (AvgIpc) is 2.87. The summed E-state index contributed by atoms with van der Waals surface area (Å²) >= 11 is 3.37. The average molecular weight is 535 g/mol. The standard InChI is InChI=1S/C27H27BrN4O3/c1-3-32(4-2)22-12-10-19(11-13-22)16-25(30-26(34)20-8-6-5-7-9-20)27(35)31-29-18-21-17-23(33)14-15-24(21)28/h5-18,33H,3-4H2,1-2H3,(H,30,34)(H,31,35)/b25-16+,29-18?. The highest BCUT2D eigenvalue weighted by Crippen LogP contribution is 2.20. The number of anilines is 1. The second-order valence-corrected chi connectivity index (χ2v) is 8.40. The van der Waals surface area contributed by atoms with Gasteiger partial charge in [-0.25, -0.2) is 5.43 Å². The van der Waals surface area contributed by atoms with Crippen molar-refractivity contribution in [2.75, 3.05) is 18.0 Å². The van der Waals surface area contributed by atoms with Crippen LogP contribution in [0, 0.1) is 0 Å². The quantitative estimate of drug-likeness (QED) is 0.206. The summed E-state index contributed by atoms with van der Waals surface area (Å²) in [5.41, 5.74) is 5.31. The molecule has 0 radical (unpaired) electrons. The van der Waals surface area contributed by atoms with E-state index < -0.39 is 11.8 Å². The third-order valence-corrected chi connectivity index (χ3v) is 5.93. The molecule has 0 bridgehead atoms. The lowest BCUT2D eigenvalue weighted by Gasteiger charge is -2.20. The van der Waals surface area contributed by atoms with Crippen molar-refractivity contribution in [3.05, 3.63) is 99.7 Å². The highest BCUT2D eigenvalue weighted by atomic mass is 79.9. The molecule has 0 saturated heterocycles. The molecule has 0 aliphatic heterocycles. The molecule has 0 saturated carbocycles. The van der Waals surface area contributed by atoms with E-state index in [9.17, 15) is 14.7 Å². The van der Waals surface area contributed by atoms with Gasteiger partial charge in [0.15, 0.2) is 0 Å². The monoisotopic (exact) mass is 534 g/mol. The van der Waals surface area contributed by atoms with E-state index in [0.29, 0.717) is 15.6 Å². The van der Waals surface area contributed by atoms with Crippen molar-refractivity contribution in [1.82, 2.24) is 10.7 Å². The smallest absolute Gasteiger partial charge is 0.287 e. The number of hydrogen-bond donors (Lipinski definition) is 3. The molecule has 0 heterocycles. The van der Waals surface area contributed by atoms with Gasteiger partial charge in [-0.3, -0.25) is 9.59 Å². The van der Waals surface area contributed by atoms with Crippen molar-refractivity contribution in [2.45, 2.75) is 13.8 Å². The van der Waals surface area contributed by atoms with Crippen molar-refractivity contribution in [3.8, 4) is 5.75 Å². The third kappa shape index (κ3) is 7.28. The van der Waals surface area contributed by atoms with Gasteiger partial charge in [-0.1, -0.05) is 46.3 Å². The minimum absolute atomic E-state index is 0.0431. The summed E-state index contributed by atoms with van der Waals surface area (Å²) in [4.78, 5) is 27.9. The summed E-state index contributed by atoms with van der Waals surface area (Å²) in [5, 5.41) is 16.3. The van der Waals surface area contributed by atoms with Crippen LogP contribution in [0.15, 0.2) is 88.1 Å². The second-order valence-electron chi connectivity index (χ2n) is 7.55. The van der Waals surface area contributed by atoms with E-state index in [4.69, 9.17) is 0 Å². The fourth-order valence-corrected chi connectivity index (χ4v) is 3.68. The summed E-state index contributed by atoms with van der Waals surface area (Å²) < 4.78 is 0.703. The zero-order valence-corrected chi connectivity index (χ0v) is 21.1. The molecule has 0 unspecified atom stereocenters. The number of phenolic OH excluding ortho intramolecular Hbond substituents is 1. The van der Waals surface area contributed by atoms with E-state index in [1.807, 2.05) is 30.3 Å². The Bertz CT molecular complexity index is 1220. The molecule has 0 fully saturated rings. The first kappa shape index (κ1) is 25.7. The number of nitrogens with zero attached hydrogens (tertiary/aromatic N) is 2. The molecule has 180 valence electrons. The first-order valence-electron chi connectivity index (χ1n) is 11.2. The molecule has 8 heteroatoms. The molecular weight excluding hydrogens is 508 g/mol. The number of amides is 2. The lowest BCUT2D eigenvalue weighted by Crippen LogP contribution is -2.32. The zero-order chi connectivity index (χ0) is 25.2. The van der Waals surface area contributed by atoms with Gasteiger partial charge in [-0.05, 0) is 68.0 Å². The van der Waals surface area contributed by atoms with E-state index in [0.717, 1.165) is 24.3 Å². The maximum atomic E-state index is 12.9. The van der Waals surface area contributed by atoms with Crippen LogP contribution in [0.2, 0.25) is 0 Å². The molecule has 2 amide bonds. The Hall–Kier alpha value is -3.91. The Labute approximate surface area is 213 Å². The van der Waals surface area contributed by atoms with Gasteiger partial charge in [0.2, 0.25) is 0 Å². The Balaban J connectivity index is 1.84. The number of phenols is 1. The Kier molecular flexibility index (Phi) is 9.20. The molecule has 3 aromatic carbocycles. The van der Waals surface area contributed by atoms with Crippen LogP contribution in [-0.4, -0.2) is 36.2 Å². The molecule has 7 nitrogen and oxygen atoms in total. The summed E-state index contributed by atoms with van der Waals surface area (Å²) in [6, 6.07) is 21.1. The fourth-order valence-electron chi connectivity index (χ4n) is 3.33. The summed E-state index contributed by atoms with van der Waals surface area (Å²) in [7, 11) is 0. The van der Waals surface area contributed by atoms with Crippen LogP contribution in [0.5, 0.6) is 5.75 Å². The van der Waals surface area contributed by atoms with E-state index in [2.05, 4.69) is 50.5 Å². The summed E-state index contributed by atoms with van der Waals surface area (Å²) in [5.74, 6) is -0.925. The van der Waals surface area contributed by atoms with Crippen molar-refractivity contribution in [3.63, 3.8) is 0 Å². The van der Waals surface area contributed by atoms with Crippen LogP contribution in [0.1, 0.15) is 35.3 Å². The molecule has 0 atom stereocenters. The largest absolute Gasteiger partial charge is 0.508 e. The number of aromatic hydroxyl groups is 1. The highest BCUT2D eigenvalue weighted by Gasteiger charge is 2.14. The lowest BCUT2D eigenvalue weighted by atomic mass is 10.1. The Morgan fingerprint density at radius 1 is 1.00 bits per heavy atom. The minimum Gasteiger partial charge on any atom is -0.508 e. The normalized spacial score (nSPS) is 11.3. The highest BCUT2D eigenvalue weighted by molar-refractivity contribution is 9.10. The molecule has 0 aliphatic carbocycles. The maximum Gasteiger partial charge on any atom is 0.287 e. The van der Waals surface area contributed by atoms with Gasteiger partial charge in [0, 0.05) is 34.4 Å². The van der Waals surface area contributed by atoms with E-state index >= 15 is 0 Å². The van der Waals surface area contributed by atoms with Crippen LogP contribution < -0.4 is 15.6 Å². The van der Waals surface area contributed by atoms with Crippen molar-refractivity contribution < 1.29 is 14.7 Å². The number of carbonyl (C=O) groups is 2. The second kappa shape index (κ2) is 12.5. The molecule has 3 rings (SSSR count). The minimum atomic E-state index is -0.588. The van der Waals surface area contributed by atoms with Crippen LogP contribution in [-0.2, 0) is 4.79 Å². The third-order valence-electron chi connectivity index (χ3n) is 5.21. The molecular formula is C27H27BrN4O3. The number of hydrogen-bond acceptors (Lipinski definition) is 5. The summed E-state index contributed by atoms with van der Waals surface area (Å²) in [6.45, 7) is 5.96. The van der Waals surface area contributed by atoms with Crippen LogP contribution in [0.3, 0.4) is 0 Å². The van der Waals surface area contributed by atoms with Gasteiger partial charge in [0.25, 0.3) is 11.8 Å². The number of hydrazone groups is 1. The predicted octanol–water partition coefficient (Wildman–Crippen LogP) is 4.92. The van der Waals surface area contributed by atoms with Gasteiger partial charge in [-0.2, -0.15) is 5.10 Å². The van der Waals surface area contributed by atoms with Gasteiger partial charge in [-0.15, -0.1) is 0 Å². The SMILES string of the molecule is CCN(CC)c1ccc(/C=C(/NC(=O)c2ccccc2)C(=O)NN=Cc2cc(O)ccc2Br)cc1. The molecule has 3 N–H and O–H groups in total. The Morgan fingerprint density at radius 2 is 1.69 bits per heavy atom. The van der Waals surface area contributed by atoms with Crippen LogP contribution >= 0.6 is 15.9 Å². The molecule has 3 aromatic rings. The van der Waals surface area contributed by atoms with Crippen LogP contribution in [0.4, 0.5) is 5.69 Å². The van der Waals surface area contributed by atoms with Gasteiger partial charge in [0.05, 0.1) is 6.21 Å². The molecule has 0 aromatic heterocycles. The van der Waals surface area contributed by atoms with Gasteiger partial charge < -0.3 is 15.3 Å². The molecule has 0 aliphatic rings. The maximum absolute atomic E-state index is 12.9. The lowest BCUT2D eigenvalue weighted by molar-refractivity contribution is -0.117. The number of nitrogens with one attached hydrogen (secondary N) is 2. The predicted molar refractivity (Wildman–Crippen MR) is 143 cm³/mol. The van der Waals surface area contributed by atoms with Crippen molar-refractivity contribution in [2.24, 2.45) is 5.10 Å². The number of rotatable bonds is 9. The summed E-state index contributed by atoms with van der Waals surface area (Å²) in [6.07, 6.45) is 3.00. The first-order chi connectivity index (χ1) is 16.9. The molecule has 0 spiro atoms. The van der Waals surface area contributed by atoms with E-state index in [1.54, 1.807) is 36.4 Å². The zero-order valence-electron chi connectivity index (χ0n) is 19.5. The van der Waals surface area contributed by atoms with E-state index in [1.165, 1.54) is 18.3 Å². The van der Waals surface area contributed by atoms with E-state index in [-0.39, 0.29) is 11.4 Å². The number of halogens is 1. The van der Waals surface area contributed by atoms with Gasteiger partial charge >= 0.3 is 0 Å². The topological polar surface area (TPSA) is 94.0 Å².